The topological polar surface area (TPSA) is 90.5 Å². The van der Waals surface area contributed by atoms with Gasteiger partial charge in [-0.25, -0.2) is 4.68 Å². The van der Waals surface area contributed by atoms with Crippen LogP contribution in [0.3, 0.4) is 0 Å². The van der Waals surface area contributed by atoms with Crippen molar-refractivity contribution in [1.29, 1.82) is 0 Å². The van der Waals surface area contributed by atoms with Crippen LogP contribution in [-0.4, -0.2) is 34.5 Å². The van der Waals surface area contributed by atoms with Crippen LogP contribution in [0.15, 0.2) is 57.8 Å². The number of likely N-dealkylation sites (N-methyl/N-ethyl adjacent to an activating group) is 1. The van der Waals surface area contributed by atoms with E-state index in [1.807, 2.05) is 69.3 Å². The van der Waals surface area contributed by atoms with Crippen molar-refractivity contribution >= 4 is 22.5 Å². The normalized spacial score (nSPS) is 12.0. The number of fused-ring (bicyclic) bond motifs is 1. The van der Waals surface area contributed by atoms with Gasteiger partial charge in [0.25, 0.3) is 11.5 Å². The van der Waals surface area contributed by atoms with E-state index >= 15 is 0 Å². The quantitative estimate of drug-likeness (QED) is 0.398. The van der Waals surface area contributed by atoms with E-state index in [0.29, 0.717) is 35.6 Å². The second-order valence-corrected chi connectivity index (χ2v) is 8.13. The van der Waals surface area contributed by atoms with Gasteiger partial charge in [0.2, 0.25) is 0 Å². The minimum atomic E-state index is -0.800. The summed E-state index contributed by atoms with van der Waals surface area (Å²) >= 11 is 0. The van der Waals surface area contributed by atoms with E-state index in [2.05, 4.69) is 5.16 Å². The highest BCUT2D eigenvalue weighted by atomic mass is 16.5. The van der Waals surface area contributed by atoms with Crippen molar-refractivity contribution in [3.8, 4) is 17.0 Å². The van der Waals surface area contributed by atoms with Crippen molar-refractivity contribution in [2.24, 2.45) is 0 Å². The Morgan fingerprint density at radius 3 is 2.50 bits per heavy atom. The minimum absolute atomic E-state index is 0.156. The first-order valence-electron chi connectivity index (χ1n) is 11.3. The fraction of sp³-hybridized carbons (Fsp3) is 0.308. The van der Waals surface area contributed by atoms with E-state index in [0.717, 1.165) is 16.8 Å². The first-order valence-corrected chi connectivity index (χ1v) is 11.3. The van der Waals surface area contributed by atoms with Crippen LogP contribution in [0.5, 0.6) is 5.75 Å². The SMILES string of the molecule is CCC(C(=O)N(CC)c1cccc(C)c1)n1nc(-c2ccc(OC)cc2)c2c(C)onc2c1=O. The lowest BCUT2D eigenvalue weighted by Gasteiger charge is -2.27. The van der Waals surface area contributed by atoms with Gasteiger partial charge >= 0.3 is 0 Å². The predicted octanol–water partition coefficient (Wildman–Crippen LogP) is 4.68. The molecule has 0 aliphatic carbocycles. The van der Waals surface area contributed by atoms with Gasteiger partial charge in [0.1, 0.15) is 23.2 Å². The Kier molecular flexibility index (Phi) is 6.49. The summed E-state index contributed by atoms with van der Waals surface area (Å²) < 4.78 is 11.9. The number of hydrogen-bond acceptors (Lipinski definition) is 6. The predicted molar refractivity (Wildman–Crippen MR) is 131 cm³/mol. The summed E-state index contributed by atoms with van der Waals surface area (Å²) in [7, 11) is 1.60. The largest absolute Gasteiger partial charge is 0.497 e. The highest BCUT2D eigenvalue weighted by molar-refractivity contribution is 5.97. The molecule has 1 atom stereocenters. The number of methoxy groups -OCH3 is 1. The number of benzene rings is 2. The molecular weight excluding hydrogens is 432 g/mol. The third kappa shape index (κ3) is 4.07. The standard InChI is InChI=1S/C26H28N4O4/c1-6-21(25(31)29(7-2)19-10-8-9-16(3)15-19)30-26(32)24-22(17(4)34-28-24)23(27-30)18-11-13-20(33-5)14-12-18/h8-15,21H,6-7H2,1-5H3. The molecule has 2 heterocycles. The second kappa shape index (κ2) is 9.51. The number of nitrogens with zero attached hydrogens (tertiary/aromatic N) is 4. The molecule has 4 rings (SSSR count). The summed E-state index contributed by atoms with van der Waals surface area (Å²) in [5, 5.41) is 9.25. The molecule has 0 aliphatic heterocycles. The highest BCUT2D eigenvalue weighted by Crippen LogP contribution is 2.30. The molecule has 0 saturated heterocycles. The molecule has 2 aromatic carbocycles. The third-order valence-electron chi connectivity index (χ3n) is 5.94. The maximum Gasteiger partial charge on any atom is 0.297 e. The van der Waals surface area contributed by atoms with E-state index in [1.165, 1.54) is 4.68 Å². The Morgan fingerprint density at radius 1 is 1.15 bits per heavy atom. The zero-order valence-electron chi connectivity index (χ0n) is 20.0. The summed E-state index contributed by atoms with van der Waals surface area (Å²) in [5.41, 5.74) is 2.83. The molecule has 0 radical (unpaired) electrons. The van der Waals surface area contributed by atoms with Crippen molar-refractivity contribution in [1.82, 2.24) is 14.9 Å². The Labute approximate surface area is 197 Å². The summed E-state index contributed by atoms with van der Waals surface area (Å²) in [6.45, 7) is 7.96. The van der Waals surface area contributed by atoms with E-state index in [-0.39, 0.29) is 11.4 Å². The van der Waals surface area contributed by atoms with Crippen molar-refractivity contribution in [3.63, 3.8) is 0 Å². The van der Waals surface area contributed by atoms with Gasteiger partial charge in [-0.05, 0) is 69.2 Å². The van der Waals surface area contributed by atoms with Gasteiger partial charge in [0.05, 0.1) is 12.5 Å². The number of carbonyl (C=O) groups excluding carboxylic acids is 1. The number of rotatable bonds is 7. The molecular formula is C26H28N4O4. The van der Waals surface area contributed by atoms with Crippen LogP contribution in [0.1, 0.15) is 37.6 Å². The average molecular weight is 461 g/mol. The Balaban J connectivity index is 1.87. The number of aromatic nitrogens is 3. The van der Waals surface area contributed by atoms with Crippen molar-refractivity contribution in [2.45, 2.75) is 40.2 Å². The lowest BCUT2D eigenvalue weighted by Crippen LogP contribution is -2.41. The zero-order valence-corrected chi connectivity index (χ0v) is 20.0. The first-order chi connectivity index (χ1) is 16.4. The van der Waals surface area contributed by atoms with E-state index in [1.54, 1.807) is 18.9 Å². The van der Waals surface area contributed by atoms with Gasteiger partial charge in [-0.3, -0.25) is 9.59 Å². The maximum absolute atomic E-state index is 13.7. The van der Waals surface area contributed by atoms with Gasteiger partial charge in [0.15, 0.2) is 5.52 Å². The molecule has 2 aromatic heterocycles. The number of carbonyl (C=O) groups is 1. The monoisotopic (exact) mass is 460 g/mol. The van der Waals surface area contributed by atoms with Crippen LogP contribution in [-0.2, 0) is 4.79 Å². The fourth-order valence-electron chi connectivity index (χ4n) is 4.16. The molecule has 0 fully saturated rings. The molecule has 0 bridgehead atoms. The van der Waals surface area contributed by atoms with E-state index < -0.39 is 11.6 Å². The van der Waals surface area contributed by atoms with Gasteiger partial charge in [-0.15, -0.1) is 0 Å². The van der Waals surface area contributed by atoms with Gasteiger partial charge in [0, 0.05) is 17.8 Å². The van der Waals surface area contributed by atoms with E-state index in [4.69, 9.17) is 14.4 Å². The molecule has 0 aliphatic rings. The van der Waals surface area contributed by atoms with E-state index in [9.17, 15) is 9.59 Å². The van der Waals surface area contributed by atoms with Crippen LogP contribution in [0, 0.1) is 13.8 Å². The van der Waals surface area contributed by atoms with Gasteiger partial charge < -0.3 is 14.2 Å². The number of hydrogen-bond donors (Lipinski definition) is 0. The molecule has 4 aromatic rings. The minimum Gasteiger partial charge on any atom is -0.497 e. The Bertz CT molecular complexity index is 1390. The molecule has 34 heavy (non-hydrogen) atoms. The Hall–Kier alpha value is -3.94. The maximum atomic E-state index is 13.7. The van der Waals surface area contributed by atoms with Crippen molar-refractivity contribution in [2.75, 3.05) is 18.6 Å². The molecule has 1 amide bonds. The van der Waals surface area contributed by atoms with Crippen LogP contribution in [0.4, 0.5) is 5.69 Å². The van der Waals surface area contributed by atoms with Crippen molar-refractivity contribution < 1.29 is 14.1 Å². The number of amides is 1. The van der Waals surface area contributed by atoms with Crippen LogP contribution in [0.25, 0.3) is 22.2 Å². The first kappa shape index (κ1) is 23.2. The summed E-state index contributed by atoms with van der Waals surface area (Å²) in [6.07, 6.45) is 0.387. The molecule has 8 heteroatoms. The second-order valence-electron chi connectivity index (χ2n) is 8.13. The summed E-state index contributed by atoms with van der Waals surface area (Å²) in [5.74, 6) is 0.992. The molecule has 8 nitrogen and oxygen atoms in total. The fourth-order valence-corrected chi connectivity index (χ4v) is 4.16. The summed E-state index contributed by atoms with van der Waals surface area (Å²) in [6, 6.07) is 14.3. The van der Waals surface area contributed by atoms with Crippen LogP contribution < -0.4 is 15.2 Å². The highest BCUT2D eigenvalue weighted by Gasteiger charge is 2.29. The lowest BCUT2D eigenvalue weighted by molar-refractivity contribution is -0.122. The molecule has 1 unspecified atom stereocenters. The average Bonchev–Trinajstić information content (AvgIpc) is 3.23. The number of anilines is 1. The van der Waals surface area contributed by atoms with Gasteiger partial charge in [-0.1, -0.05) is 24.2 Å². The van der Waals surface area contributed by atoms with Gasteiger partial charge in [-0.2, -0.15) is 5.10 Å². The molecule has 0 spiro atoms. The Morgan fingerprint density at radius 2 is 1.88 bits per heavy atom. The zero-order chi connectivity index (χ0) is 24.4. The van der Waals surface area contributed by atoms with Crippen LogP contribution >= 0.6 is 0 Å². The van der Waals surface area contributed by atoms with Crippen LogP contribution in [0.2, 0.25) is 0 Å². The smallest absolute Gasteiger partial charge is 0.297 e. The summed E-state index contributed by atoms with van der Waals surface area (Å²) in [4.78, 5) is 28.8. The molecule has 0 saturated carbocycles. The van der Waals surface area contributed by atoms with Crippen molar-refractivity contribution in [3.05, 3.63) is 70.2 Å². The molecule has 176 valence electrons. The molecule has 0 N–H and O–H groups in total. The number of ether oxygens (including phenoxy) is 1. The number of aryl methyl sites for hydroxylation is 2. The third-order valence-corrected chi connectivity index (χ3v) is 5.94. The lowest BCUT2D eigenvalue weighted by atomic mass is 10.1.